The van der Waals surface area contributed by atoms with Crippen LogP contribution in [0.5, 0.6) is 0 Å². The molecule has 0 aromatic carbocycles. The summed E-state index contributed by atoms with van der Waals surface area (Å²) < 4.78 is 13.7. The molecule has 1 aromatic heterocycles. The first-order chi connectivity index (χ1) is 6.20. The van der Waals surface area contributed by atoms with E-state index >= 15 is 0 Å². The van der Waals surface area contributed by atoms with Gasteiger partial charge in [0.05, 0.1) is 19.0 Å². The Hall–Kier alpha value is -0.900. The molecular weight excluding hydrogens is 171 g/mol. The average molecular weight is 186 g/mol. The minimum Gasteiger partial charge on any atom is -0.392 e. The van der Waals surface area contributed by atoms with Crippen LogP contribution in [0.4, 0.5) is 4.39 Å². The van der Waals surface area contributed by atoms with Crippen molar-refractivity contribution in [3.05, 3.63) is 17.0 Å². The predicted molar refractivity (Wildman–Crippen MR) is 48.2 cm³/mol. The number of rotatable bonds is 4. The van der Waals surface area contributed by atoms with Crippen molar-refractivity contribution in [1.82, 2.24) is 9.78 Å². The third kappa shape index (κ3) is 2.06. The highest BCUT2D eigenvalue weighted by Crippen LogP contribution is 2.12. The largest absolute Gasteiger partial charge is 0.392 e. The van der Waals surface area contributed by atoms with Crippen LogP contribution in [-0.4, -0.2) is 21.6 Å². The highest BCUT2D eigenvalue weighted by Gasteiger charge is 2.09. The van der Waals surface area contributed by atoms with Crippen molar-refractivity contribution >= 4 is 0 Å². The lowest BCUT2D eigenvalue weighted by atomic mass is 10.2. The van der Waals surface area contributed by atoms with E-state index in [0.717, 1.165) is 17.0 Å². The molecule has 74 valence electrons. The molecule has 0 saturated heterocycles. The smallest absolute Gasteiger partial charge is 0.0912 e. The van der Waals surface area contributed by atoms with Gasteiger partial charge < -0.3 is 5.11 Å². The van der Waals surface area contributed by atoms with Gasteiger partial charge in [0.2, 0.25) is 0 Å². The van der Waals surface area contributed by atoms with Crippen LogP contribution in [0, 0.1) is 13.8 Å². The highest BCUT2D eigenvalue weighted by molar-refractivity contribution is 5.23. The molecule has 0 spiro atoms. The molecule has 0 atom stereocenters. The second kappa shape index (κ2) is 4.37. The van der Waals surface area contributed by atoms with Crippen molar-refractivity contribution < 1.29 is 9.50 Å². The fraction of sp³-hybridized carbons (Fsp3) is 0.667. The van der Waals surface area contributed by atoms with Crippen LogP contribution in [0.15, 0.2) is 0 Å². The molecule has 0 unspecified atom stereocenters. The Kier molecular flexibility index (Phi) is 3.42. The molecule has 0 fully saturated rings. The van der Waals surface area contributed by atoms with Gasteiger partial charge in [0, 0.05) is 17.8 Å². The average Bonchev–Trinajstić information content (AvgIpc) is 2.38. The van der Waals surface area contributed by atoms with Gasteiger partial charge in [-0.25, -0.2) is 0 Å². The van der Waals surface area contributed by atoms with Crippen LogP contribution in [-0.2, 0) is 13.2 Å². The number of hydrogen-bond donors (Lipinski definition) is 1. The first kappa shape index (κ1) is 10.2. The van der Waals surface area contributed by atoms with Gasteiger partial charge in [0.25, 0.3) is 0 Å². The maximum Gasteiger partial charge on any atom is 0.0912 e. The zero-order valence-electron chi connectivity index (χ0n) is 8.05. The molecule has 0 aliphatic carbocycles. The van der Waals surface area contributed by atoms with Crippen LogP contribution in [0.1, 0.15) is 23.4 Å². The van der Waals surface area contributed by atoms with Crippen LogP contribution in [0.2, 0.25) is 0 Å². The molecule has 3 nitrogen and oxygen atoms in total. The van der Waals surface area contributed by atoms with E-state index in [2.05, 4.69) is 5.10 Å². The van der Waals surface area contributed by atoms with Gasteiger partial charge in [0.1, 0.15) is 0 Å². The maximum absolute atomic E-state index is 11.9. The lowest BCUT2D eigenvalue weighted by Gasteiger charge is -2.01. The van der Waals surface area contributed by atoms with E-state index in [9.17, 15) is 4.39 Å². The zero-order valence-corrected chi connectivity index (χ0v) is 8.05. The third-order valence-corrected chi connectivity index (χ3v) is 2.19. The fourth-order valence-electron chi connectivity index (χ4n) is 1.39. The van der Waals surface area contributed by atoms with Crippen molar-refractivity contribution in [1.29, 1.82) is 0 Å². The minimum atomic E-state index is -0.327. The number of aliphatic hydroxyl groups excluding tert-OH is 1. The molecule has 0 amide bonds. The van der Waals surface area contributed by atoms with Gasteiger partial charge in [0.15, 0.2) is 0 Å². The van der Waals surface area contributed by atoms with Crippen molar-refractivity contribution in [2.75, 3.05) is 6.67 Å². The van der Waals surface area contributed by atoms with E-state index in [1.807, 2.05) is 13.8 Å². The van der Waals surface area contributed by atoms with Gasteiger partial charge in [-0.3, -0.25) is 9.07 Å². The molecule has 1 N–H and O–H groups in total. The van der Waals surface area contributed by atoms with Crippen LogP contribution in [0.25, 0.3) is 0 Å². The molecule has 1 heterocycles. The lowest BCUT2D eigenvalue weighted by molar-refractivity contribution is 0.280. The summed E-state index contributed by atoms with van der Waals surface area (Å²) in [6.07, 6.45) is 0.479. The van der Waals surface area contributed by atoms with Gasteiger partial charge in [-0.2, -0.15) is 5.10 Å². The van der Waals surface area contributed by atoms with E-state index in [0.29, 0.717) is 13.0 Å². The quantitative estimate of drug-likeness (QED) is 0.770. The summed E-state index contributed by atoms with van der Waals surface area (Å²) in [4.78, 5) is 0. The second-order valence-corrected chi connectivity index (χ2v) is 3.07. The van der Waals surface area contributed by atoms with Gasteiger partial charge in [-0.05, 0) is 20.3 Å². The topological polar surface area (TPSA) is 38.0 Å². The van der Waals surface area contributed by atoms with Gasteiger partial charge >= 0.3 is 0 Å². The molecule has 0 saturated carbocycles. The molecule has 0 radical (unpaired) electrons. The van der Waals surface area contributed by atoms with E-state index in [1.54, 1.807) is 4.68 Å². The maximum atomic E-state index is 11.9. The number of halogens is 1. The molecule has 1 aromatic rings. The Balaban J connectivity index is 2.83. The van der Waals surface area contributed by atoms with Crippen molar-refractivity contribution in [3.8, 4) is 0 Å². The van der Waals surface area contributed by atoms with Gasteiger partial charge in [-0.15, -0.1) is 0 Å². The summed E-state index contributed by atoms with van der Waals surface area (Å²) in [7, 11) is 0. The van der Waals surface area contributed by atoms with Crippen molar-refractivity contribution in [2.24, 2.45) is 0 Å². The minimum absolute atomic E-state index is 0.00723. The number of aryl methyl sites for hydroxylation is 2. The Morgan fingerprint density at radius 1 is 1.46 bits per heavy atom. The van der Waals surface area contributed by atoms with Crippen molar-refractivity contribution in [3.63, 3.8) is 0 Å². The predicted octanol–water partition coefficient (Wildman–Crippen LogP) is 1.35. The van der Waals surface area contributed by atoms with E-state index in [4.69, 9.17) is 5.11 Å². The summed E-state index contributed by atoms with van der Waals surface area (Å²) in [5.74, 6) is 0. The standard InChI is InChI=1S/C9H15FN2O/c1-7-9(6-13)8(2)12(11-7)5-3-4-10/h13H,3-6H2,1-2H3. The first-order valence-corrected chi connectivity index (χ1v) is 4.40. The third-order valence-electron chi connectivity index (χ3n) is 2.19. The molecule has 0 aliphatic rings. The fourth-order valence-corrected chi connectivity index (χ4v) is 1.39. The number of alkyl halides is 1. The SMILES string of the molecule is Cc1nn(CCCF)c(C)c1CO. The Morgan fingerprint density at radius 3 is 2.62 bits per heavy atom. The van der Waals surface area contributed by atoms with E-state index < -0.39 is 0 Å². The highest BCUT2D eigenvalue weighted by atomic mass is 19.1. The summed E-state index contributed by atoms with van der Waals surface area (Å²) in [5, 5.41) is 13.2. The van der Waals surface area contributed by atoms with Crippen LogP contribution < -0.4 is 0 Å². The normalized spacial score (nSPS) is 10.8. The number of aromatic nitrogens is 2. The monoisotopic (exact) mass is 186 g/mol. The molecule has 1 rings (SSSR count). The lowest BCUT2D eigenvalue weighted by Crippen LogP contribution is -2.03. The summed E-state index contributed by atoms with van der Waals surface area (Å²) in [6, 6.07) is 0. The Morgan fingerprint density at radius 2 is 2.15 bits per heavy atom. The Labute approximate surface area is 77.2 Å². The number of aliphatic hydroxyl groups is 1. The van der Waals surface area contributed by atoms with Crippen LogP contribution >= 0.6 is 0 Å². The van der Waals surface area contributed by atoms with Crippen molar-refractivity contribution in [2.45, 2.75) is 33.4 Å². The molecular formula is C9H15FN2O. The molecule has 0 bridgehead atoms. The van der Waals surface area contributed by atoms with E-state index in [-0.39, 0.29) is 13.3 Å². The molecule has 0 aliphatic heterocycles. The first-order valence-electron chi connectivity index (χ1n) is 4.40. The van der Waals surface area contributed by atoms with Crippen LogP contribution in [0.3, 0.4) is 0 Å². The zero-order chi connectivity index (χ0) is 9.84. The molecule has 4 heteroatoms. The number of hydrogen-bond acceptors (Lipinski definition) is 2. The summed E-state index contributed by atoms with van der Waals surface area (Å²) >= 11 is 0. The summed E-state index contributed by atoms with van der Waals surface area (Å²) in [5.41, 5.74) is 2.63. The summed E-state index contributed by atoms with van der Waals surface area (Å²) in [6.45, 7) is 4.01. The number of nitrogens with zero attached hydrogens (tertiary/aromatic N) is 2. The second-order valence-electron chi connectivity index (χ2n) is 3.07. The van der Waals surface area contributed by atoms with E-state index in [1.165, 1.54) is 0 Å². The van der Waals surface area contributed by atoms with Gasteiger partial charge in [-0.1, -0.05) is 0 Å². The Bertz CT molecular complexity index is 283. The molecule has 13 heavy (non-hydrogen) atoms.